The van der Waals surface area contributed by atoms with Crippen LogP contribution in [0.15, 0.2) is 18.2 Å². The van der Waals surface area contributed by atoms with Gasteiger partial charge in [-0.25, -0.2) is 4.39 Å². The standard InChI is InChI=1S/C10H11ClFNO.ClH/c11-7-1-2-9(12)8(5-7)10-6-14-4-3-13-10;/h1-2,5,10,13H,3-4,6H2;1H/t10-;/m0./s1. The molecule has 0 unspecified atom stereocenters. The van der Waals surface area contributed by atoms with Crippen LogP contribution in [0.1, 0.15) is 11.6 Å². The maximum absolute atomic E-state index is 13.4. The number of hydrogen-bond acceptors (Lipinski definition) is 2. The minimum absolute atomic E-state index is 0. The van der Waals surface area contributed by atoms with Gasteiger partial charge in [0.05, 0.1) is 19.3 Å². The van der Waals surface area contributed by atoms with E-state index < -0.39 is 0 Å². The third-order valence-corrected chi connectivity index (χ3v) is 2.49. The summed E-state index contributed by atoms with van der Waals surface area (Å²) < 4.78 is 18.7. The molecule has 1 N–H and O–H groups in total. The second kappa shape index (κ2) is 5.66. The highest BCUT2D eigenvalue weighted by molar-refractivity contribution is 6.30. The average molecular weight is 252 g/mol. The van der Waals surface area contributed by atoms with E-state index in [-0.39, 0.29) is 24.3 Å². The Bertz CT molecular complexity index is 329. The number of morpholine rings is 1. The van der Waals surface area contributed by atoms with Crippen LogP contribution >= 0.6 is 24.0 Å². The van der Waals surface area contributed by atoms with E-state index in [1.54, 1.807) is 12.1 Å². The van der Waals surface area contributed by atoms with Crippen molar-refractivity contribution in [1.29, 1.82) is 0 Å². The third-order valence-electron chi connectivity index (χ3n) is 2.26. The van der Waals surface area contributed by atoms with E-state index in [9.17, 15) is 4.39 Å². The van der Waals surface area contributed by atoms with Gasteiger partial charge in [-0.05, 0) is 18.2 Å². The summed E-state index contributed by atoms with van der Waals surface area (Å²) in [6.45, 7) is 1.92. The molecule has 0 saturated carbocycles. The Hall–Kier alpha value is -0.350. The number of rotatable bonds is 1. The molecule has 2 rings (SSSR count). The smallest absolute Gasteiger partial charge is 0.128 e. The van der Waals surface area contributed by atoms with Crippen LogP contribution in [0.4, 0.5) is 4.39 Å². The molecule has 1 heterocycles. The van der Waals surface area contributed by atoms with Crippen LogP contribution in [0.25, 0.3) is 0 Å². The summed E-state index contributed by atoms with van der Waals surface area (Å²) in [6.07, 6.45) is 0. The van der Waals surface area contributed by atoms with Crippen LogP contribution in [0.2, 0.25) is 5.02 Å². The molecule has 15 heavy (non-hydrogen) atoms. The predicted molar refractivity (Wildman–Crippen MR) is 60.2 cm³/mol. The van der Waals surface area contributed by atoms with Crippen molar-refractivity contribution in [2.45, 2.75) is 6.04 Å². The molecule has 2 nitrogen and oxygen atoms in total. The van der Waals surface area contributed by atoms with Gasteiger partial charge in [-0.2, -0.15) is 0 Å². The van der Waals surface area contributed by atoms with Gasteiger partial charge >= 0.3 is 0 Å². The first kappa shape index (κ1) is 12.7. The van der Waals surface area contributed by atoms with E-state index in [1.807, 2.05) is 0 Å². The first-order chi connectivity index (χ1) is 6.77. The number of benzene rings is 1. The van der Waals surface area contributed by atoms with E-state index in [1.165, 1.54) is 6.07 Å². The quantitative estimate of drug-likeness (QED) is 0.829. The lowest BCUT2D eigenvalue weighted by Gasteiger charge is -2.24. The van der Waals surface area contributed by atoms with E-state index in [2.05, 4.69) is 5.32 Å². The molecule has 0 radical (unpaired) electrons. The van der Waals surface area contributed by atoms with E-state index >= 15 is 0 Å². The fourth-order valence-corrected chi connectivity index (χ4v) is 1.73. The molecule has 1 fully saturated rings. The largest absolute Gasteiger partial charge is 0.378 e. The van der Waals surface area contributed by atoms with Gasteiger partial charge in [-0.1, -0.05) is 11.6 Å². The van der Waals surface area contributed by atoms with Crippen molar-refractivity contribution in [3.63, 3.8) is 0 Å². The summed E-state index contributed by atoms with van der Waals surface area (Å²) >= 11 is 5.80. The Morgan fingerprint density at radius 1 is 1.47 bits per heavy atom. The van der Waals surface area contributed by atoms with Crippen molar-refractivity contribution < 1.29 is 9.13 Å². The van der Waals surface area contributed by atoms with Crippen molar-refractivity contribution >= 4 is 24.0 Å². The Morgan fingerprint density at radius 3 is 2.93 bits per heavy atom. The van der Waals surface area contributed by atoms with E-state index in [4.69, 9.17) is 16.3 Å². The Morgan fingerprint density at radius 2 is 2.27 bits per heavy atom. The Balaban J connectivity index is 0.00000112. The third kappa shape index (κ3) is 3.05. The zero-order valence-corrected chi connectivity index (χ0v) is 9.58. The maximum atomic E-state index is 13.4. The van der Waals surface area contributed by atoms with Crippen LogP contribution in [-0.4, -0.2) is 19.8 Å². The lowest BCUT2D eigenvalue weighted by molar-refractivity contribution is 0.0757. The molecule has 84 valence electrons. The van der Waals surface area contributed by atoms with Gasteiger partial charge < -0.3 is 10.1 Å². The minimum atomic E-state index is -0.239. The number of hydrogen-bond donors (Lipinski definition) is 1. The average Bonchev–Trinajstić information content (AvgIpc) is 2.23. The predicted octanol–water partition coefficient (Wildman–Crippen LogP) is 2.56. The second-order valence-corrected chi connectivity index (χ2v) is 3.68. The van der Waals surface area contributed by atoms with Crippen LogP contribution < -0.4 is 5.32 Å². The highest BCUT2D eigenvalue weighted by atomic mass is 35.5. The summed E-state index contributed by atoms with van der Waals surface area (Å²) in [5.41, 5.74) is 0.581. The van der Waals surface area contributed by atoms with Crippen LogP contribution in [0.3, 0.4) is 0 Å². The topological polar surface area (TPSA) is 21.3 Å². The monoisotopic (exact) mass is 251 g/mol. The molecule has 1 saturated heterocycles. The van der Waals surface area contributed by atoms with E-state index in [0.29, 0.717) is 23.8 Å². The lowest BCUT2D eigenvalue weighted by atomic mass is 10.1. The molecule has 0 aliphatic carbocycles. The van der Waals surface area contributed by atoms with E-state index in [0.717, 1.165) is 6.54 Å². The summed E-state index contributed by atoms with van der Waals surface area (Å²) in [6, 6.07) is 4.49. The van der Waals surface area contributed by atoms with Gasteiger partial charge in [-0.3, -0.25) is 0 Å². The molecule has 0 aromatic heterocycles. The molecule has 1 aromatic rings. The van der Waals surface area contributed by atoms with Gasteiger partial charge in [0, 0.05) is 17.1 Å². The summed E-state index contributed by atoms with van der Waals surface area (Å²) in [7, 11) is 0. The molecular weight excluding hydrogens is 240 g/mol. The molecule has 1 aliphatic heterocycles. The van der Waals surface area contributed by atoms with Gasteiger partial charge in [0.1, 0.15) is 5.82 Å². The van der Waals surface area contributed by atoms with Crippen molar-refractivity contribution in [2.24, 2.45) is 0 Å². The lowest BCUT2D eigenvalue weighted by Crippen LogP contribution is -2.35. The summed E-state index contributed by atoms with van der Waals surface area (Å²) in [4.78, 5) is 0. The SMILES string of the molecule is Cl.Fc1ccc(Cl)cc1[C@@H]1COCCN1. The molecule has 1 aromatic carbocycles. The van der Waals surface area contributed by atoms with Gasteiger partial charge in [-0.15, -0.1) is 12.4 Å². The molecule has 1 aliphatic rings. The zero-order chi connectivity index (χ0) is 9.97. The molecule has 0 spiro atoms. The molecule has 5 heteroatoms. The highest BCUT2D eigenvalue weighted by Crippen LogP contribution is 2.22. The Kier molecular flexibility index (Phi) is 4.80. The highest BCUT2D eigenvalue weighted by Gasteiger charge is 2.18. The van der Waals surface area contributed by atoms with Gasteiger partial charge in [0.25, 0.3) is 0 Å². The maximum Gasteiger partial charge on any atom is 0.128 e. The van der Waals surface area contributed by atoms with Gasteiger partial charge in [0.2, 0.25) is 0 Å². The van der Waals surface area contributed by atoms with Crippen LogP contribution in [0.5, 0.6) is 0 Å². The fourth-order valence-electron chi connectivity index (χ4n) is 1.55. The normalized spacial score (nSPS) is 20.8. The van der Waals surface area contributed by atoms with Crippen LogP contribution in [-0.2, 0) is 4.74 Å². The number of halogens is 3. The summed E-state index contributed by atoms with van der Waals surface area (Å²) in [5.74, 6) is -0.239. The van der Waals surface area contributed by atoms with Crippen molar-refractivity contribution in [3.05, 3.63) is 34.6 Å². The van der Waals surface area contributed by atoms with Gasteiger partial charge in [0.15, 0.2) is 0 Å². The van der Waals surface area contributed by atoms with Crippen molar-refractivity contribution in [1.82, 2.24) is 5.32 Å². The fraction of sp³-hybridized carbons (Fsp3) is 0.400. The zero-order valence-electron chi connectivity index (χ0n) is 8.00. The van der Waals surface area contributed by atoms with Crippen molar-refractivity contribution in [2.75, 3.05) is 19.8 Å². The molecule has 1 atom stereocenters. The molecule has 0 bridgehead atoms. The molecule has 0 amide bonds. The second-order valence-electron chi connectivity index (χ2n) is 3.25. The first-order valence-corrected chi connectivity index (χ1v) is 4.91. The molecular formula is C10H12Cl2FNO. The Labute approximate surface area is 99.2 Å². The number of ether oxygens (including phenoxy) is 1. The van der Waals surface area contributed by atoms with Crippen LogP contribution in [0, 0.1) is 5.82 Å². The minimum Gasteiger partial charge on any atom is -0.378 e. The first-order valence-electron chi connectivity index (χ1n) is 4.53. The summed E-state index contributed by atoms with van der Waals surface area (Å²) in [5, 5.41) is 3.73. The van der Waals surface area contributed by atoms with Crippen molar-refractivity contribution in [3.8, 4) is 0 Å². The number of nitrogens with one attached hydrogen (secondary N) is 1.